The Kier molecular flexibility index (Phi) is 7.17. The molecule has 6 nitrogen and oxygen atoms in total. The van der Waals surface area contributed by atoms with Gasteiger partial charge in [-0.1, -0.05) is 18.2 Å². The van der Waals surface area contributed by atoms with Gasteiger partial charge in [0.1, 0.15) is 5.54 Å². The minimum atomic E-state index is -4.36. The van der Waals surface area contributed by atoms with Gasteiger partial charge in [-0.05, 0) is 68.4 Å². The van der Waals surface area contributed by atoms with Crippen LogP contribution < -0.4 is 0 Å². The van der Waals surface area contributed by atoms with Crippen molar-refractivity contribution in [3.63, 3.8) is 0 Å². The van der Waals surface area contributed by atoms with Crippen LogP contribution in [0.15, 0.2) is 48.8 Å². The molecule has 0 unspecified atom stereocenters. The van der Waals surface area contributed by atoms with Gasteiger partial charge in [-0.15, -0.1) is 0 Å². The number of nitrogens with zero attached hydrogens (tertiary/aromatic N) is 4. The summed E-state index contributed by atoms with van der Waals surface area (Å²) in [5.74, 6) is -0.134. The van der Waals surface area contributed by atoms with Crippen molar-refractivity contribution in [3.05, 3.63) is 65.5 Å². The molecule has 2 aliphatic heterocycles. The van der Waals surface area contributed by atoms with Gasteiger partial charge < -0.3 is 9.80 Å². The van der Waals surface area contributed by atoms with Crippen LogP contribution in [0.25, 0.3) is 0 Å². The zero-order valence-corrected chi connectivity index (χ0v) is 20.1. The van der Waals surface area contributed by atoms with Crippen molar-refractivity contribution in [2.75, 3.05) is 26.7 Å². The Morgan fingerprint density at radius 1 is 1.06 bits per heavy atom. The van der Waals surface area contributed by atoms with Crippen LogP contribution in [0.1, 0.15) is 42.9 Å². The number of hydrogen-bond donors (Lipinski definition) is 0. The van der Waals surface area contributed by atoms with Crippen LogP contribution in [0, 0.1) is 0 Å². The van der Waals surface area contributed by atoms with E-state index >= 15 is 0 Å². The third-order valence-corrected chi connectivity index (χ3v) is 7.43. The second kappa shape index (κ2) is 9.97. The third-order valence-electron chi connectivity index (χ3n) is 7.43. The van der Waals surface area contributed by atoms with Crippen molar-refractivity contribution < 1.29 is 22.8 Å². The molecule has 9 heteroatoms. The predicted octanol–water partition coefficient (Wildman–Crippen LogP) is 4.39. The van der Waals surface area contributed by atoms with Gasteiger partial charge in [0.2, 0.25) is 0 Å². The molecule has 2 aliphatic rings. The van der Waals surface area contributed by atoms with E-state index in [2.05, 4.69) is 9.88 Å². The second-order valence-electron chi connectivity index (χ2n) is 9.58. The van der Waals surface area contributed by atoms with E-state index in [4.69, 9.17) is 0 Å². The number of likely N-dealkylation sites (N-methyl/N-ethyl adjacent to an activating group) is 1. The van der Waals surface area contributed by atoms with Crippen molar-refractivity contribution in [2.24, 2.45) is 0 Å². The summed E-state index contributed by atoms with van der Waals surface area (Å²) in [6.07, 6.45) is 2.06. The van der Waals surface area contributed by atoms with Gasteiger partial charge in [0.15, 0.2) is 0 Å². The van der Waals surface area contributed by atoms with E-state index in [1.807, 2.05) is 19.1 Å². The number of pyridine rings is 1. The van der Waals surface area contributed by atoms with Gasteiger partial charge >= 0.3 is 12.2 Å². The van der Waals surface area contributed by atoms with Crippen molar-refractivity contribution in [3.8, 4) is 0 Å². The zero-order chi connectivity index (χ0) is 25.2. The maximum atomic E-state index is 13.4. The number of aryl methyl sites for hydroxylation is 1. The predicted molar refractivity (Wildman–Crippen MR) is 126 cm³/mol. The molecule has 0 N–H and O–H groups in total. The first-order chi connectivity index (χ1) is 16.6. The van der Waals surface area contributed by atoms with Crippen LogP contribution in [0.2, 0.25) is 0 Å². The molecule has 2 aromatic rings. The SMILES string of the molecule is C[C@H](Cc1cccc(C(F)(F)F)c1)N1CCC2(CC1)C(=O)N(CCCc1ccncc1)C(=O)N2C. The maximum absolute atomic E-state index is 13.4. The van der Waals surface area contributed by atoms with Gasteiger partial charge in [-0.2, -0.15) is 13.2 Å². The molecule has 1 aromatic carbocycles. The fraction of sp³-hybridized carbons (Fsp3) is 0.500. The number of carbonyl (C=O) groups excluding carboxylic acids is 2. The number of benzene rings is 1. The van der Waals surface area contributed by atoms with E-state index in [0.29, 0.717) is 50.9 Å². The number of hydrogen-bond acceptors (Lipinski definition) is 4. The Hall–Kier alpha value is -2.94. The molecule has 2 saturated heterocycles. The minimum absolute atomic E-state index is 0.0183. The van der Waals surface area contributed by atoms with Gasteiger partial charge in [0.05, 0.1) is 5.56 Å². The summed E-state index contributed by atoms with van der Waals surface area (Å²) in [6, 6.07) is 9.07. The van der Waals surface area contributed by atoms with E-state index in [0.717, 1.165) is 18.1 Å². The monoisotopic (exact) mass is 488 g/mol. The maximum Gasteiger partial charge on any atom is 0.416 e. The lowest BCUT2D eigenvalue weighted by molar-refractivity contribution is -0.137. The largest absolute Gasteiger partial charge is 0.416 e. The number of piperidine rings is 1. The lowest BCUT2D eigenvalue weighted by atomic mass is 9.85. The van der Waals surface area contributed by atoms with Gasteiger partial charge in [0.25, 0.3) is 5.91 Å². The van der Waals surface area contributed by atoms with Crippen LogP contribution >= 0.6 is 0 Å². The summed E-state index contributed by atoms with van der Waals surface area (Å²) in [7, 11) is 1.70. The molecule has 0 aliphatic carbocycles. The normalized spacial score (nSPS) is 19.6. The molecule has 1 atom stereocenters. The fourth-order valence-electron chi connectivity index (χ4n) is 5.26. The lowest BCUT2D eigenvalue weighted by Gasteiger charge is -2.43. The van der Waals surface area contributed by atoms with E-state index in [-0.39, 0.29) is 18.0 Å². The number of halogens is 3. The Morgan fingerprint density at radius 2 is 1.74 bits per heavy atom. The summed E-state index contributed by atoms with van der Waals surface area (Å²) in [6.45, 7) is 3.58. The summed E-state index contributed by atoms with van der Waals surface area (Å²) in [5, 5.41) is 0. The van der Waals surface area contributed by atoms with E-state index < -0.39 is 17.3 Å². The first-order valence-corrected chi connectivity index (χ1v) is 12.0. The molecule has 3 amide bonds. The van der Waals surface area contributed by atoms with Crippen LogP contribution in [0.4, 0.5) is 18.0 Å². The average molecular weight is 489 g/mol. The number of urea groups is 1. The molecule has 0 saturated carbocycles. The lowest BCUT2D eigenvalue weighted by Crippen LogP contribution is -2.56. The molecule has 2 fully saturated rings. The molecule has 0 bridgehead atoms. The smallest absolute Gasteiger partial charge is 0.312 e. The molecule has 188 valence electrons. The first kappa shape index (κ1) is 25.2. The second-order valence-corrected chi connectivity index (χ2v) is 9.58. The highest BCUT2D eigenvalue weighted by atomic mass is 19.4. The van der Waals surface area contributed by atoms with Crippen LogP contribution in [0.3, 0.4) is 0 Å². The van der Waals surface area contributed by atoms with Crippen LogP contribution in [-0.2, 0) is 23.8 Å². The Bertz CT molecular complexity index is 1050. The van der Waals surface area contributed by atoms with Crippen LogP contribution in [-0.4, -0.2) is 69.9 Å². The van der Waals surface area contributed by atoms with Gasteiger partial charge in [0, 0.05) is 45.1 Å². The van der Waals surface area contributed by atoms with Crippen molar-refractivity contribution in [1.29, 1.82) is 0 Å². The number of rotatable bonds is 7. The van der Waals surface area contributed by atoms with Crippen LogP contribution in [0.5, 0.6) is 0 Å². The van der Waals surface area contributed by atoms with E-state index in [9.17, 15) is 22.8 Å². The van der Waals surface area contributed by atoms with Crippen molar-refractivity contribution >= 4 is 11.9 Å². The number of alkyl halides is 3. The highest BCUT2D eigenvalue weighted by Gasteiger charge is 2.56. The van der Waals surface area contributed by atoms with Crippen molar-refractivity contribution in [1.82, 2.24) is 19.7 Å². The topological polar surface area (TPSA) is 56.8 Å². The number of imide groups is 1. The number of aromatic nitrogens is 1. The van der Waals surface area contributed by atoms with Gasteiger partial charge in [-0.3, -0.25) is 14.7 Å². The highest BCUT2D eigenvalue weighted by molar-refractivity contribution is 6.07. The molecule has 35 heavy (non-hydrogen) atoms. The Labute approximate surface area is 203 Å². The minimum Gasteiger partial charge on any atom is -0.312 e. The Balaban J connectivity index is 1.35. The molecule has 0 radical (unpaired) electrons. The third kappa shape index (κ3) is 5.19. The van der Waals surface area contributed by atoms with Gasteiger partial charge in [-0.25, -0.2) is 4.79 Å². The summed E-state index contributed by atoms with van der Waals surface area (Å²) in [4.78, 5) is 35.5. The summed E-state index contributed by atoms with van der Waals surface area (Å²) >= 11 is 0. The number of carbonyl (C=O) groups is 2. The molecule has 3 heterocycles. The Morgan fingerprint density at radius 3 is 2.40 bits per heavy atom. The quantitative estimate of drug-likeness (QED) is 0.543. The first-order valence-electron chi connectivity index (χ1n) is 12.0. The van der Waals surface area contributed by atoms with E-state index in [1.165, 1.54) is 17.0 Å². The molecular weight excluding hydrogens is 457 g/mol. The molecule has 1 aromatic heterocycles. The van der Waals surface area contributed by atoms with Crippen molar-refractivity contribution in [2.45, 2.75) is 56.8 Å². The summed E-state index contributed by atoms with van der Waals surface area (Å²) < 4.78 is 39.1. The average Bonchev–Trinajstić information content (AvgIpc) is 3.01. The zero-order valence-electron chi connectivity index (χ0n) is 20.1. The molecule has 1 spiro atoms. The highest BCUT2D eigenvalue weighted by Crippen LogP contribution is 2.37. The standard InChI is InChI=1S/C26H31F3N4O2/c1-19(17-21-5-3-7-22(18-21)26(27,28)29)32-15-10-25(11-16-32)23(34)33(24(35)31(25)2)14-4-6-20-8-12-30-13-9-20/h3,5,7-9,12-13,18-19H,4,6,10-11,14-17H2,1-2H3/t19-/m1/s1. The summed E-state index contributed by atoms with van der Waals surface area (Å²) in [5.41, 5.74) is 0.281. The fourth-order valence-corrected chi connectivity index (χ4v) is 5.26. The number of likely N-dealkylation sites (tertiary alicyclic amines) is 1. The number of amides is 3. The molecular formula is C26H31F3N4O2. The molecule has 4 rings (SSSR count). The van der Waals surface area contributed by atoms with E-state index in [1.54, 1.807) is 30.4 Å².